The fraction of sp³-hybridized carbons (Fsp3) is 1.00. The minimum absolute atomic E-state index is 0.108. The lowest BCUT2D eigenvalue weighted by molar-refractivity contribution is 0.362. The molecular formula is C17H35N. The first-order valence-electron chi connectivity index (χ1n) is 8.50. The Morgan fingerprint density at radius 3 is 1.00 bits per heavy atom. The highest BCUT2D eigenvalue weighted by atomic mass is 14.7. The lowest BCUT2D eigenvalue weighted by Gasteiger charge is -2.24. The maximum Gasteiger partial charge on any atom is 0.0125 e. The highest BCUT2D eigenvalue weighted by Crippen LogP contribution is 2.21. The summed E-state index contributed by atoms with van der Waals surface area (Å²) in [5.74, 6) is 0. The summed E-state index contributed by atoms with van der Waals surface area (Å²) in [5.41, 5.74) is 6.49. The largest absolute Gasteiger partial charge is 0.325 e. The Hall–Kier alpha value is -0.0400. The third-order valence-electron chi connectivity index (χ3n) is 4.50. The Bertz CT molecular complexity index is 168. The molecule has 108 valence electrons. The second-order valence-corrected chi connectivity index (χ2v) is 6.75. The van der Waals surface area contributed by atoms with Crippen LogP contribution < -0.4 is 5.73 Å². The minimum Gasteiger partial charge on any atom is -0.325 e. The predicted molar refractivity (Wildman–Crippen MR) is 81.8 cm³/mol. The van der Waals surface area contributed by atoms with Crippen LogP contribution in [0.15, 0.2) is 0 Å². The zero-order valence-corrected chi connectivity index (χ0v) is 12.7. The van der Waals surface area contributed by atoms with E-state index >= 15 is 0 Å². The van der Waals surface area contributed by atoms with E-state index < -0.39 is 0 Å². The van der Waals surface area contributed by atoms with Gasteiger partial charge in [0.1, 0.15) is 0 Å². The molecule has 18 heavy (non-hydrogen) atoms. The average molecular weight is 253 g/mol. The lowest BCUT2D eigenvalue weighted by Crippen LogP contribution is -2.35. The van der Waals surface area contributed by atoms with E-state index in [0.717, 1.165) is 0 Å². The molecule has 0 heterocycles. The van der Waals surface area contributed by atoms with Gasteiger partial charge < -0.3 is 5.73 Å². The van der Waals surface area contributed by atoms with Crippen molar-refractivity contribution in [3.8, 4) is 0 Å². The van der Waals surface area contributed by atoms with Crippen LogP contribution in [0.5, 0.6) is 0 Å². The van der Waals surface area contributed by atoms with Crippen LogP contribution in [-0.2, 0) is 0 Å². The van der Waals surface area contributed by atoms with Crippen molar-refractivity contribution in [3.05, 3.63) is 0 Å². The Morgan fingerprint density at radius 2 is 0.722 bits per heavy atom. The van der Waals surface area contributed by atoms with Gasteiger partial charge in [0.25, 0.3) is 0 Å². The van der Waals surface area contributed by atoms with Gasteiger partial charge in [0, 0.05) is 5.54 Å². The summed E-state index contributed by atoms with van der Waals surface area (Å²) in [7, 11) is 0. The molecule has 0 spiro atoms. The van der Waals surface area contributed by atoms with Gasteiger partial charge in [-0.25, -0.2) is 0 Å². The van der Waals surface area contributed by atoms with Crippen LogP contribution in [0.25, 0.3) is 0 Å². The molecule has 1 aliphatic rings. The fourth-order valence-corrected chi connectivity index (χ4v) is 3.13. The van der Waals surface area contributed by atoms with Crippen molar-refractivity contribution >= 4 is 0 Å². The summed E-state index contributed by atoms with van der Waals surface area (Å²) < 4.78 is 0. The second-order valence-electron chi connectivity index (χ2n) is 6.75. The normalized spacial score (nSPS) is 25.7. The van der Waals surface area contributed by atoms with Gasteiger partial charge in [0.05, 0.1) is 0 Å². The van der Waals surface area contributed by atoms with Crippen LogP contribution in [0.4, 0.5) is 0 Å². The second kappa shape index (κ2) is 9.83. The molecule has 0 saturated heterocycles. The van der Waals surface area contributed by atoms with E-state index in [2.05, 4.69) is 6.92 Å². The molecule has 1 rings (SSSR count). The zero-order valence-electron chi connectivity index (χ0n) is 12.7. The van der Waals surface area contributed by atoms with Gasteiger partial charge in [-0.05, 0) is 19.8 Å². The molecule has 0 aromatic carbocycles. The summed E-state index contributed by atoms with van der Waals surface area (Å²) in [4.78, 5) is 0. The van der Waals surface area contributed by atoms with Crippen molar-refractivity contribution in [3.63, 3.8) is 0 Å². The van der Waals surface area contributed by atoms with Gasteiger partial charge in [-0.3, -0.25) is 0 Å². The van der Waals surface area contributed by atoms with Crippen LogP contribution >= 0.6 is 0 Å². The van der Waals surface area contributed by atoms with E-state index in [1.165, 1.54) is 96.3 Å². The molecule has 0 aromatic heterocycles. The molecule has 1 aliphatic carbocycles. The fourth-order valence-electron chi connectivity index (χ4n) is 3.13. The van der Waals surface area contributed by atoms with Crippen LogP contribution in [-0.4, -0.2) is 5.54 Å². The van der Waals surface area contributed by atoms with Crippen molar-refractivity contribution in [2.24, 2.45) is 5.73 Å². The maximum atomic E-state index is 6.38. The average Bonchev–Trinajstić information content (AvgIpc) is 2.32. The zero-order chi connectivity index (χ0) is 13.1. The van der Waals surface area contributed by atoms with Crippen molar-refractivity contribution in [1.29, 1.82) is 0 Å². The summed E-state index contributed by atoms with van der Waals surface area (Å²) >= 11 is 0. The number of nitrogens with two attached hydrogens (primary N) is 1. The van der Waals surface area contributed by atoms with Crippen LogP contribution in [0.1, 0.15) is 103 Å². The molecule has 0 amide bonds. The third kappa shape index (κ3) is 8.97. The van der Waals surface area contributed by atoms with E-state index in [1.807, 2.05) is 0 Å². The number of rotatable bonds is 0. The van der Waals surface area contributed by atoms with Crippen LogP contribution in [0.2, 0.25) is 0 Å². The molecule has 1 fully saturated rings. The van der Waals surface area contributed by atoms with Gasteiger partial charge in [0.15, 0.2) is 0 Å². The molecule has 2 N–H and O–H groups in total. The van der Waals surface area contributed by atoms with Gasteiger partial charge >= 0.3 is 0 Å². The molecule has 0 bridgehead atoms. The number of hydrogen-bond acceptors (Lipinski definition) is 1. The predicted octanol–water partition coefficient (Wildman–Crippen LogP) is 5.57. The van der Waals surface area contributed by atoms with Crippen LogP contribution in [0.3, 0.4) is 0 Å². The highest BCUT2D eigenvalue weighted by molar-refractivity contribution is 4.78. The standard InChI is InChI=1S/C17H35N/c1-17(18)15-13-11-9-7-5-3-2-4-6-8-10-12-14-16-17/h2-16,18H2,1H3. The molecule has 0 radical (unpaired) electrons. The summed E-state index contributed by atoms with van der Waals surface area (Å²) in [6.45, 7) is 2.26. The van der Waals surface area contributed by atoms with Gasteiger partial charge in [0.2, 0.25) is 0 Å². The molecular weight excluding hydrogens is 218 g/mol. The third-order valence-corrected chi connectivity index (χ3v) is 4.50. The Balaban J connectivity index is 2.20. The summed E-state index contributed by atoms with van der Waals surface area (Å²) in [6, 6.07) is 0. The van der Waals surface area contributed by atoms with Crippen LogP contribution in [0, 0.1) is 0 Å². The monoisotopic (exact) mass is 253 g/mol. The molecule has 1 heteroatoms. The summed E-state index contributed by atoms with van der Waals surface area (Å²) in [5, 5.41) is 0. The van der Waals surface area contributed by atoms with Crippen molar-refractivity contribution in [2.75, 3.05) is 0 Å². The van der Waals surface area contributed by atoms with Gasteiger partial charge in [-0.1, -0.05) is 83.5 Å². The number of hydrogen-bond donors (Lipinski definition) is 1. The van der Waals surface area contributed by atoms with E-state index in [4.69, 9.17) is 5.73 Å². The molecule has 0 aromatic rings. The SMILES string of the molecule is CC1(N)CCCCCCCCCCCCCCC1. The van der Waals surface area contributed by atoms with E-state index in [1.54, 1.807) is 0 Å². The summed E-state index contributed by atoms with van der Waals surface area (Å²) in [6.07, 6.45) is 21.0. The van der Waals surface area contributed by atoms with Crippen molar-refractivity contribution in [2.45, 2.75) is 109 Å². The van der Waals surface area contributed by atoms with Crippen molar-refractivity contribution in [1.82, 2.24) is 0 Å². The maximum absolute atomic E-state index is 6.38. The molecule has 1 saturated carbocycles. The van der Waals surface area contributed by atoms with Gasteiger partial charge in [-0.15, -0.1) is 0 Å². The first-order valence-corrected chi connectivity index (χ1v) is 8.50. The van der Waals surface area contributed by atoms with E-state index in [-0.39, 0.29) is 5.54 Å². The molecule has 0 aliphatic heterocycles. The first-order chi connectivity index (χ1) is 8.71. The minimum atomic E-state index is 0.108. The van der Waals surface area contributed by atoms with Gasteiger partial charge in [-0.2, -0.15) is 0 Å². The molecule has 0 unspecified atom stereocenters. The van der Waals surface area contributed by atoms with E-state index in [0.29, 0.717) is 0 Å². The topological polar surface area (TPSA) is 26.0 Å². The first kappa shape index (κ1) is 16.0. The lowest BCUT2D eigenvalue weighted by atomic mass is 9.89. The van der Waals surface area contributed by atoms with E-state index in [9.17, 15) is 0 Å². The molecule has 0 atom stereocenters. The Morgan fingerprint density at radius 1 is 0.500 bits per heavy atom. The van der Waals surface area contributed by atoms with Crippen molar-refractivity contribution < 1.29 is 0 Å². The highest BCUT2D eigenvalue weighted by Gasteiger charge is 2.16. The molecule has 1 nitrogen and oxygen atoms in total. The Kier molecular flexibility index (Phi) is 8.75. The Labute approximate surface area is 115 Å². The smallest absolute Gasteiger partial charge is 0.0125 e. The quantitative estimate of drug-likeness (QED) is 0.600.